The van der Waals surface area contributed by atoms with Crippen molar-refractivity contribution in [3.8, 4) is 0 Å². The molecule has 94 valence electrons. The molecule has 0 N–H and O–H groups in total. The van der Waals surface area contributed by atoms with E-state index in [9.17, 15) is 0 Å². The lowest BCUT2D eigenvalue weighted by atomic mass is 10.0. The molecule has 1 aromatic heterocycles. The third-order valence-electron chi connectivity index (χ3n) is 3.78. The van der Waals surface area contributed by atoms with Crippen molar-refractivity contribution in [1.29, 1.82) is 0 Å². The maximum atomic E-state index is 4.77. The first-order valence-corrected chi connectivity index (χ1v) is 6.81. The van der Waals surface area contributed by atoms with E-state index in [1.807, 2.05) is 0 Å². The summed E-state index contributed by atoms with van der Waals surface area (Å²) in [6.07, 6.45) is 5.61. The van der Waals surface area contributed by atoms with E-state index < -0.39 is 0 Å². The van der Waals surface area contributed by atoms with Gasteiger partial charge in [0.2, 0.25) is 0 Å². The Bertz CT molecular complexity index is 537. The molecule has 2 nitrogen and oxygen atoms in total. The Labute approximate surface area is 109 Å². The Morgan fingerprint density at radius 1 is 1.28 bits per heavy atom. The van der Waals surface area contributed by atoms with E-state index in [1.165, 1.54) is 29.1 Å². The van der Waals surface area contributed by atoms with Gasteiger partial charge in [-0.05, 0) is 24.8 Å². The van der Waals surface area contributed by atoms with Crippen LogP contribution in [0.15, 0.2) is 30.5 Å². The smallest absolute Gasteiger partial charge is 0.108 e. The van der Waals surface area contributed by atoms with Crippen LogP contribution in [0.3, 0.4) is 0 Å². The molecule has 1 unspecified atom stereocenters. The lowest BCUT2D eigenvalue weighted by Gasteiger charge is -2.19. The average Bonchev–Trinajstić information content (AvgIpc) is 2.73. The van der Waals surface area contributed by atoms with Crippen LogP contribution in [-0.2, 0) is 19.4 Å². The van der Waals surface area contributed by atoms with Crippen LogP contribution in [0.1, 0.15) is 36.0 Å². The van der Waals surface area contributed by atoms with Gasteiger partial charge in [0.1, 0.15) is 5.82 Å². The number of imidazole rings is 1. The number of fused-ring (bicyclic) bond motifs is 1. The highest BCUT2D eigenvalue weighted by Gasteiger charge is 2.16. The summed E-state index contributed by atoms with van der Waals surface area (Å²) in [5.41, 5.74) is 3.88. The fourth-order valence-corrected chi connectivity index (χ4v) is 2.67. The summed E-state index contributed by atoms with van der Waals surface area (Å²) in [6, 6.07) is 8.76. The van der Waals surface area contributed by atoms with Crippen LogP contribution in [0.2, 0.25) is 0 Å². The summed E-state index contributed by atoms with van der Waals surface area (Å²) >= 11 is 0. The standard InChI is InChI=1S/C16H20N2/c1-12-3-6-14(7-4-12)9-15-11-18-10-13(2)5-8-16(18)17-15/h3-4,6-7,11,13H,5,8-10H2,1-2H3. The molecule has 18 heavy (non-hydrogen) atoms. The van der Waals surface area contributed by atoms with Crippen LogP contribution in [0.4, 0.5) is 0 Å². The van der Waals surface area contributed by atoms with Gasteiger partial charge < -0.3 is 4.57 Å². The van der Waals surface area contributed by atoms with Gasteiger partial charge in [-0.1, -0.05) is 36.8 Å². The van der Waals surface area contributed by atoms with Gasteiger partial charge in [0, 0.05) is 25.6 Å². The van der Waals surface area contributed by atoms with E-state index in [-0.39, 0.29) is 0 Å². The summed E-state index contributed by atoms with van der Waals surface area (Å²) in [4.78, 5) is 4.77. The van der Waals surface area contributed by atoms with Gasteiger partial charge in [0.25, 0.3) is 0 Å². The first kappa shape index (κ1) is 11.5. The zero-order valence-corrected chi connectivity index (χ0v) is 11.2. The zero-order valence-electron chi connectivity index (χ0n) is 11.2. The summed E-state index contributed by atoms with van der Waals surface area (Å²) in [5.74, 6) is 2.06. The predicted molar refractivity (Wildman–Crippen MR) is 73.7 cm³/mol. The molecule has 0 bridgehead atoms. The molecule has 0 spiro atoms. The third-order valence-corrected chi connectivity index (χ3v) is 3.78. The molecular formula is C16H20N2. The van der Waals surface area contributed by atoms with E-state index in [4.69, 9.17) is 4.98 Å². The number of aryl methyl sites for hydroxylation is 2. The topological polar surface area (TPSA) is 17.8 Å². The number of rotatable bonds is 2. The lowest BCUT2D eigenvalue weighted by molar-refractivity contribution is 0.394. The molecule has 0 amide bonds. The van der Waals surface area contributed by atoms with Crippen LogP contribution in [0.5, 0.6) is 0 Å². The Hall–Kier alpha value is -1.57. The summed E-state index contributed by atoms with van der Waals surface area (Å²) in [6.45, 7) is 5.58. The molecule has 0 radical (unpaired) electrons. The molecule has 0 fully saturated rings. The second-order valence-electron chi connectivity index (χ2n) is 5.61. The molecule has 2 heterocycles. The van der Waals surface area contributed by atoms with Crippen molar-refractivity contribution in [1.82, 2.24) is 9.55 Å². The molecule has 2 aromatic rings. The van der Waals surface area contributed by atoms with Crippen molar-refractivity contribution in [2.45, 2.75) is 39.7 Å². The largest absolute Gasteiger partial charge is 0.334 e. The molecule has 0 saturated heterocycles. The van der Waals surface area contributed by atoms with Crippen molar-refractivity contribution in [2.24, 2.45) is 5.92 Å². The van der Waals surface area contributed by atoms with Crippen molar-refractivity contribution < 1.29 is 0 Å². The van der Waals surface area contributed by atoms with Crippen molar-refractivity contribution in [2.75, 3.05) is 0 Å². The summed E-state index contributed by atoms with van der Waals surface area (Å²) < 4.78 is 2.34. The Morgan fingerprint density at radius 2 is 2.06 bits per heavy atom. The quantitative estimate of drug-likeness (QED) is 0.787. The van der Waals surface area contributed by atoms with Crippen LogP contribution in [-0.4, -0.2) is 9.55 Å². The van der Waals surface area contributed by atoms with Crippen molar-refractivity contribution in [3.05, 3.63) is 53.1 Å². The molecule has 1 atom stereocenters. The second kappa shape index (κ2) is 4.60. The van der Waals surface area contributed by atoms with Gasteiger partial charge in [0.05, 0.1) is 5.69 Å². The van der Waals surface area contributed by atoms with Gasteiger partial charge in [-0.3, -0.25) is 0 Å². The van der Waals surface area contributed by atoms with Crippen LogP contribution in [0, 0.1) is 12.8 Å². The van der Waals surface area contributed by atoms with Crippen LogP contribution >= 0.6 is 0 Å². The Balaban J connectivity index is 1.79. The third kappa shape index (κ3) is 2.33. The summed E-state index contributed by atoms with van der Waals surface area (Å²) in [5, 5.41) is 0. The van der Waals surface area contributed by atoms with Crippen molar-refractivity contribution >= 4 is 0 Å². The molecule has 0 aliphatic carbocycles. The van der Waals surface area contributed by atoms with Gasteiger partial charge in [-0.25, -0.2) is 4.98 Å². The fourth-order valence-electron chi connectivity index (χ4n) is 2.67. The molecule has 2 heteroatoms. The first-order valence-electron chi connectivity index (χ1n) is 6.81. The van der Waals surface area contributed by atoms with Gasteiger partial charge >= 0.3 is 0 Å². The monoisotopic (exact) mass is 240 g/mol. The summed E-state index contributed by atoms with van der Waals surface area (Å²) in [7, 11) is 0. The fraction of sp³-hybridized carbons (Fsp3) is 0.438. The van der Waals surface area contributed by atoms with Crippen LogP contribution in [0.25, 0.3) is 0 Å². The molecular weight excluding hydrogens is 220 g/mol. The van der Waals surface area contributed by atoms with Gasteiger partial charge in [0.15, 0.2) is 0 Å². The SMILES string of the molecule is Cc1ccc(Cc2cn3c(n2)CCC(C)C3)cc1. The zero-order chi connectivity index (χ0) is 12.5. The first-order chi connectivity index (χ1) is 8.70. The van der Waals surface area contributed by atoms with E-state index in [2.05, 4.69) is 48.9 Å². The minimum absolute atomic E-state index is 0.791. The van der Waals surface area contributed by atoms with Crippen molar-refractivity contribution in [3.63, 3.8) is 0 Å². The molecule has 3 rings (SSSR count). The maximum absolute atomic E-state index is 4.77. The highest BCUT2D eigenvalue weighted by molar-refractivity contribution is 5.25. The van der Waals surface area contributed by atoms with E-state index >= 15 is 0 Å². The molecule has 1 aromatic carbocycles. The average molecular weight is 240 g/mol. The molecule has 1 aliphatic rings. The highest BCUT2D eigenvalue weighted by Crippen LogP contribution is 2.20. The van der Waals surface area contributed by atoms with E-state index in [0.29, 0.717) is 0 Å². The minimum atomic E-state index is 0.791. The number of benzene rings is 1. The lowest BCUT2D eigenvalue weighted by Crippen LogP contribution is -2.17. The Kier molecular flexibility index (Phi) is 2.94. The van der Waals surface area contributed by atoms with E-state index in [1.54, 1.807) is 0 Å². The minimum Gasteiger partial charge on any atom is -0.334 e. The highest BCUT2D eigenvalue weighted by atomic mass is 15.1. The number of hydrogen-bond acceptors (Lipinski definition) is 1. The Morgan fingerprint density at radius 3 is 2.83 bits per heavy atom. The number of hydrogen-bond donors (Lipinski definition) is 0. The van der Waals surface area contributed by atoms with E-state index in [0.717, 1.165) is 25.3 Å². The normalized spacial score (nSPS) is 18.7. The second-order valence-corrected chi connectivity index (χ2v) is 5.61. The number of nitrogens with zero attached hydrogens (tertiary/aromatic N) is 2. The van der Waals surface area contributed by atoms with Gasteiger partial charge in [-0.2, -0.15) is 0 Å². The molecule has 0 saturated carbocycles. The maximum Gasteiger partial charge on any atom is 0.108 e. The number of aromatic nitrogens is 2. The van der Waals surface area contributed by atoms with Crippen LogP contribution < -0.4 is 0 Å². The predicted octanol–water partition coefficient (Wildman–Crippen LogP) is 3.36. The van der Waals surface area contributed by atoms with Gasteiger partial charge in [-0.15, -0.1) is 0 Å². The molecule has 1 aliphatic heterocycles.